The predicted molar refractivity (Wildman–Crippen MR) is 355 cm³/mol. The quantitative estimate of drug-likeness (QED) is 0.0492. The molecule has 85 heavy (non-hydrogen) atoms. The third-order valence-electron chi connectivity index (χ3n) is 12.7. The van der Waals surface area contributed by atoms with Crippen molar-refractivity contribution in [3.63, 3.8) is 0 Å². The first-order valence-corrected chi connectivity index (χ1v) is 56.7. The summed E-state index contributed by atoms with van der Waals surface area (Å²) in [4.78, 5) is 87.7. The van der Waals surface area contributed by atoms with E-state index in [1.54, 1.807) is 23.6 Å². The molecule has 0 radical (unpaired) electrons. The summed E-state index contributed by atoms with van der Waals surface area (Å²) in [6.45, 7) is 7.07. The van der Waals surface area contributed by atoms with Crippen LogP contribution in [0.2, 0.25) is 0 Å². The number of piperidine rings is 2. The fourth-order valence-corrected chi connectivity index (χ4v) is 9.34. The molecule has 0 unspecified atom stereocenters. The number of nitrogens with zero attached hydrogens (tertiary/aromatic N) is 7. The maximum atomic E-state index is 13.7. The van der Waals surface area contributed by atoms with Crippen molar-refractivity contribution in [2.75, 3.05) is 55.1 Å². The molecule has 4 aromatic carbocycles. The van der Waals surface area contributed by atoms with E-state index in [0.29, 0.717) is 30.9 Å². The Hall–Kier alpha value is -0.0809. The Morgan fingerprint density at radius 3 is 1.22 bits per heavy atom. The van der Waals surface area contributed by atoms with E-state index in [1.807, 2.05) is 112 Å². The normalized spacial score (nSPS) is 13.2. The van der Waals surface area contributed by atoms with Gasteiger partial charge in [0, 0.05) is 145 Å². The third kappa shape index (κ3) is 26.1. The number of nitrogens with one attached hydrogen (secondary N) is 1. The van der Waals surface area contributed by atoms with Crippen molar-refractivity contribution in [3.05, 3.63) is 135 Å². The summed E-state index contributed by atoms with van der Waals surface area (Å²) in [7, 11) is 0.120. The number of aromatic nitrogens is 4. The van der Waals surface area contributed by atoms with Crippen molar-refractivity contribution < 1.29 is 118 Å². The molecule has 6 aromatic rings. The molecule has 0 saturated carbocycles. The molecule has 1 N–H and O–H groups in total. The first-order chi connectivity index (χ1) is 40.7. The van der Waals surface area contributed by atoms with Gasteiger partial charge in [-0.15, -0.1) is 0 Å². The topological polar surface area (TPSA) is 279 Å². The molecule has 4 amide bonds. The van der Waals surface area contributed by atoms with Crippen molar-refractivity contribution in [2.45, 2.75) is 78.1 Å². The van der Waals surface area contributed by atoms with Crippen LogP contribution >= 0.6 is 105 Å². The predicted octanol–water partition coefficient (Wildman–Crippen LogP) is 6.68. The van der Waals surface area contributed by atoms with Gasteiger partial charge in [0.1, 0.15) is 22.9 Å². The average molecular weight is 1820 g/mol. The first kappa shape index (κ1) is 82.9. The van der Waals surface area contributed by atoms with Gasteiger partial charge < -0.3 is 39.4 Å². The summed E-state index contributed by atoms with van der Waals surface area (Å²) in [5.74, 6) is 1.87. The van der Waals surface area contributed by atoms with Crippen molar-refractivity contribution in [1.82, 2.24) is 24.9 Å². The van der Waals surface area contributed by atoms with Crippen LogP contribution in [0.1, 0.15) is 95.9 Å². The summed E-state index contributed by atoms with van der Waals surface area (Å²) in [5.41, 5.74) is 9.70. The number of benzene rings is 4. The molecule has 2 aromatic heterocycles. The van der Waals surface area contributed by atoms with Crippen LogP contribution in [0.3, 0.4) is 0 Å². The minimum atomic E-state index is -3.15. The molecular weight excluding hydrogens is 1770 g/mol. The first-order valence-electron chi connectivity index (χ1n) is 26.0. The Bertz CT molecular complexity index is 3140. The monoisotopic (exact) mass is 1820 g/mol. The summed E-state index contributed by atoms with van der Waals surface area (Å²) in [6, 6.07) is 31.0. The molecule has 0 bridgehead atoms. The van der Waals surface area contributed by atoms with Gasteiger partial charge in [-0.3, -0.25) is 19.2 Å². The second-order valence-electron chi connectivity index (χ2n) is 17.2. The van der Waals surface area contributed by atoms with E-state index in [9.17, 15) is 19.2 Å². The van der Waals surface area contributed by atoms with E-state index in [-0.39, 0.29) is 87.3 Å². The van der Waals surface area contributed by atoms with Crippen molar-refractivity contribution >= 4 is 221 Å². The molecule has 2 fully saturated rings. The van der Waals surface area contributed by atoms with Crippen LogP contribution in [0.5, 0.6) is 11.5 Å². The van der Waals surface area contributed by atoms with Crippen molar-refractivity contribution in [3.8, 4) is 22.9 Å². The van der Waals surface area contributed by atoms with E-state index in [4.69, 9.17) is 53.2 Å². The van der Waals surface area contributed by atoms with E-state index in [2.05, 4.69) is 121 Å². The van der Waals surface area contributed by atoms with E-state index in [1.165, 1.54) is 63.2 Å². The Morgan fingerprint density at radius 2 is 0.918 bits per heavy atom. The Labute approximate surface area is 641 Å². The molecule has 0 spiro atoms. The molecule has 2 saturated heterocycles. The zero-order chi connectivity index (χ0) is 62.7. The third-order valence-corrected chi connectivity index (χ3v) is 13.5. The molecule has 0 aliphatic carbocycles. The van der Waals surface area contributed by atoms with Gasteiger partial charge in [0.2, 0.25) is 11.8 Å². The number of ether oxygens (including phenoxy) is 2. The number of carbonyl (C=O) groups excluding carboxylic acids is 8. The number of fused-ring (bicyclic) bond motifs is 2. The van der Waals surface area contributed by atoms with Gasteiger partial charge in [-0.1, -0.05) is 13.8 Å². The molecule has 10 rings (SSSR count). The average Bonchev–Trinajstić information content (AvgIpc) is 3.00. The Kier molecular flexibility index (Phi) is 46.6. The zero-order valence-corrected chi connectivity index (χ0v) is 68.9. The van der Waals surface area contributed by atoms with Crippen molar-refractivity contribution in [1.29, 1.82) is 0 Å². The molecule has 4 aliphatic heterocycles. The zero-order valence-electron chi connectivity index (χ0n) is 47.8. The fraction of sp³-hybridized carbons (Fsp3) is 0.333. The molecule has 4 aliphatic rings. The van der Waals surface area contributed by atoms with Crippen LogP contribution in [0, 0.1) is 3.57 Å². The number of anilines is 3. The Balaban J connectivity index is 0.000000618. The number of hydrogen-bond donors (Lipinski definition) is 1. The molecular formula is C54H57I5K3N8O14P. The van der Waals surface area contributed by atoms with Gasteiger partial charge in [0.25, 0.3) is 11.8 Å². The van der Waals surface area contributed by atoms with Gasteiger partial charge in [-0.05, 0) is 171 Å². The minimum absolute atomic E-state index is 0. The number of aryl methyl sites for hydroxylation is 2. The van der Waals surface area contributed by atoms with Gasteiger partial charge in [-0.25, -0.2) is 18.5 Å². The number of hydrogen-bond acceptors (Lipinski definition) is 16. The van der Waals surface area contributed by atoms with Gasteiger partial charge in [0.05, 0.1) is 37.0 Å². The molecule has 440 valence electrons. The van der Waals surface area contributed by atoms with E-state index >= 15 is 0 Å². The van der Waals surface area contributed by atoms with Crippen LogP contribution in [0.4, 0.5) is 17.1 Å². The SMILES string of the molecule is CCc1nn(-c2ccc(OC)cc2)c2c1CCN(c1ccc(I)cc1)C2=O.CCc1nn(-c2ccc(OC)cc2)c2c1CCN(c1ccc(N3CCCCC3=O)cc1)C2=O.II.II.O=C1CCCCN1.O=C=O.O=C=O.O=P(=O)O[O-].[K+].[K][K]. The van der Waals surface area contributed by atoms with E-state index < -0.39 is 7.91 Å². The van der Waals surface area contributed by atoms with Crippen LogP contribution < -0.4 is 86.1 Å². The second-order valence-corrected chi connectivity index (χ2v) is 19.0. The number of halogens is 5. The van der Waals surface area contributed by atoms with Crippen LogP contribution in [0.25, 0.3) is 11.4 Å². The fourth-order valence-electron chi connectivity index (χ4n) is 8.98. The molecule has 31 heteroatoms. The standard InChI is InChI=1S/C26H28N4O3.C21H20IN3O2.C5H9NO.2CO2.2I2.3K.HO4P/c1-3-23-22-15-17-29(19-9-7-18(8-10-19)28-16-5-4-6-24(28)31)26(32)25(22)30(27-23)20-11-13-21(33-2)14-12-20;1-3-19-18-12-13-24(15-6-4-14(22)5-7-15)21(26)20(18)25(23-19)16-8-10-17(27-2)11-9-16;7-5-3-1-2-4-6-5;2*2-1-3;2*1-2;;;;1-4-5(2)3/h7-14H,3-6,15-17H2,1-2H3;4-11H,3,12-13H2,1-2H3;1-4H2,(H,6,7);;;;;;;;1H/q;;;;;;;;;+1;/p-1. The summed E-state index contributed by atoms with van der Waals surface area (Å²) >= 11 is 13.3. The summed E-state index contributed by atoms with van der Waals surface area (Å²) in [6.07, 6.45) is 9.20. The molecule has 0 atom stereocenters. The number of amides is 4. The second kappa shape index (κ2) is 47.8. The van der Waals surface area contributed by atoms with Gasteiger partial charge >= 0.3 is 135 Å². The van der Waals surface area contributed by atoms with Crippen LogP contribution in [-0.2, 0) is 68.3 Å². The van der Waals surface area contributed by atoms with Crippen molar-refractivity contribution in [2.24, 2.45) is 0 Å². The molecule has 22 nitrogen and oxygen atoms in total. The maximum absolute atomic E-state index is 13.7. The number of methoxy groups -OCH3 is 2. The van der Waals surface area contributed by atoms with Crippen LogP contribution in [-0.4, -0.2) is 159 Å². The summed E-state index contributed by atoms with van der Waals surface area (Å²) in [5, 5.41) is 20.8. The van der Waals surface area contributed by atoms with Gasteiger partial charge in [0.15, 0.2) is 0 Å². The van der Waals surface area contributed by atoms with Gasteiger partial charge in [-0.2, -0.15) is 29.4 Å². The molecule has 6 heterocycles. The van der Waals surface area contributed by atoms with Crippen LogP contribution in [0.15, 0.2) is 97.1 Å². The number of rotatable bonds is 10. The van der Waals surface area contributed by atoms with E-state index in [0.717, 1.165) is 137 Å². The summed E-state index contributed by atoms with van der Waals surface area (Å²) < 4.78 is 35.4. The Morgan fingerprint density at radius 1 is 0.565 bits per heavy atom. The number of carbonyl (C=O) groups is 4.